The molecule has 3 rings (SSSR count). The van der Waals surface area contributed by atoms with Gasteiger partial charge in [0, 0.05) is 23.0 Å². The number of para-hydroxylation sites is 1. The number of H-pyrrole nitrogens is 1. The van der Waals surface area contributed by atoms with E-state index in [9.17, 15) is 4.79 Å². The van der Waals surface area contributed by atoms with E-state index in [0.717, 1.165) is 16.5 Å². The Bertz CT molecular complexity index is 600. The van der Waals surface area contributed by atoms with E-state index < -0.39 is 5.97 Å². The number of carbonyl (C=O) groups excluding carboxylic acids is 1. The van der Waals surface area contributed by atoms with Crippen LogP contribution in [0.2, 0.25) is 0 Å². The molecule has 1 saturated heterocycles. The first-order valence-corrected chi connectivity index (χ1v) is 5.56. The zero-order chi connectivity index (χ0) is 11.8. The summed E-state index contributed by atoms with van der Waals surface area (Å²) in [4.78, 5) is 14.3. The van der Waals surface area contributed by atoms with Crippen molar-refractivity contribution in [1.82, 2.24) is 4.98 Å². The Labute approximate surface area is 98.1 Å². The van der Waals surface area contributed by atoms with E-state index in [1.165, 1.54) is 0 Å². The van der Waals surface area contributed by atoms with Gasteiger partial charge in [0.2, 0.25) is 0 Å². The molecule has 4 nitrogen and oxygen atoms in total. The van der Waals surface area contributed by atoms with Crippen LogP contribution in [0.4, 0.5) is 0 Å². The molecule has 2 N–H and O–H groups in total. The standard InChI is InChI=1S/C13H12N2O2/c14-12-9(7-17-13(12)16)5-8-6-15-11-4-2-1-3-10(8)11/h1-4,6,9,14-15H,5,7H2/t9-/m0/s1. The number of aromatic nitrogens is 1. The summed E-state index contributed by atoms with van der Waals surface area (Å²) in [5.74, 6) is -0.587. The lowest BCUT2D eigenvalue weighted by Gasteiger charge is -2.04. The molecular formula is C13H12N2O2. The SMILES string of the molecule is N=C1C(=O)OC[C@@H]1Cc1c[nH]c2ccccc12. The van der Waals surface area contributed by atoms with Crippen molar-refractivity contribution in [3.05, 3.63) is 36.0 Å². The monoisotopic (exact) mass is 228 g/mol. The van der Waals surface area contributed by atoms with Gasteiger partial charge in [0.25, 0.3) is 0 Å². The number of aromatic amines is 1. The van der Waals surface area contributed by atoms with Crippen molar-refractivity contribution in [1.29, 1.82) is 5.41 Å². The van der Waals surface area contributed by atoms with Gasteiger partial charge in [-0.3, -0.25) is 5.41 Å². The van der Waals surface area contributed by atoms with Gasteiger partial charge < -0.3 is 9.72 Å². The molecule has 0 spiro atoms. The van der Waals surface area contributed by atoms with Gasteiger partial charge in [-0.2, -0.15) is 0 Å². The van der Waals surface area contributed by atoms with E-state index in [4.69, 9.17) is 10.1 Å². The molecule has 2 aromatic rings. The van der Waals surface area contributed by atoms with Crippen molar-refractivity contribution < 1.29 is 9.53 Å². The molecule has 0 amide bonds. The second-order valence-electron chi connectivity index (χ2n) is 4.27. The van der Waals surface area contributed by atoms with Crippen LogP contribution in [0, 0.1) is 11.3 Å². The lowest BCUT2D eigenvalue weighted by Crippen LogP contribution is -2.16. The summed E-state index contributed by atoms with van der Waals surface area (Å²) in [6.07, 6.45) is 2.62. The van der Waals surface area contributed by atoms with Gasteiger partial charge in [-0.15, -0.1) is 0 Å². The van der Waals surface area contributed by atoms with Crippen molar-refractivity contribution in [2.75, 3.05) is 6.61 Å². The summed E-state index contributed by atoms with van der Waals surface area (Å²) in [6.45, 7) is 0.331. The predicted octanol–water partition coefficient (Wildman–Crippen LogP) is 1.90. The van der Waals surface area contributed by atoms with Gasteiger partial charge in [0.1, 0.15) is 12.3 Å². The summed E-state index contributed by atoms with van der Waals surface area (Å²) < 4.78 is 4.86. The number of nitrogens with one attached hydrogen (secondary N) is 2. The Morgan fingerprint density at radius 2 is 2.24 bits per heavy atom. The number of hydrogen-bond donors (Lipinski definition) is 2. The molecule has 0 unspecified atom stereocenters. The van der Waals surface area contributed by atoms with Crippen molar-refractivity contribution in [2.24, 2.45) is 5.92 Å². The number of fused-ring (bicyclic) bond motifs is 1. The number of carbonyl (C=O) groups is 1. The molecule has 4 heteroatoms. The van der Waals surface area contributed by atoms with Crippen LogP contribution in [-0.4, -0.2) is 23.3 Å². The molecule has 0 saturated carbocycles. The molecule has 1 aromatic carbocycles. The minimum absolute atomic E-state index is 0.0929. The Morgan fingerprint density at radius 1 is 1.41 bits per heavy atom. The van der Waals surface area contributed by atoms with E-state index in [0.29, 0.717) is 13.0 Å². The highest BCUT2D eigenvalue weighted by Crippen LogP contribution is 2.23. The second kappa shape index (κ2) is 3.73. The van der Waals surface area contributed by atoms with Gasteiger partial charge in [-0.05, 0) is 18.1 Å². The van der Waals surface area contributed by atoms with Crippen LogP contribution in [0.1, 0.15) is 5.56 Å². The maximum Gasteiger partial charge on any atom is 0.352 e. The van der Waals surface area contributed by atoms with Gasteiger partial charge >= 0.3 is 5.97 Å². The number of cyclic esters (lactones) is 1. The summed E-state index contributed by atoms with van der Waals surface area (Å²) in [6, 6.07) is 8.02. The first kappa shape index (κ1) is 10.1. The Morgan fingerprint density at radius 3 is 3.00 bits per heavy atom. The first-order chi connectivity index (χ1) is 8.25. The molecule has 1 aliphatic rings. The molecule has 0 radical (unpaired) electrons. The molecule has 17 heavy (non-hydrogen) atoms. The van der Waals surface area contributed by atoms with Gasteiger partial charge in [0.05, 0.1) is 0 Å². The average Bonchev–Trinajstić information content (AvgIpc) is 2.89. The molecule has 0 bridgehead atoms. The van der Waals surface area contributed by atoms with Crippen LogP contribution in [-0.2, 0) is 16.0 Å². The number of benzene rings is 1. The maximum absolute atomic E-state index is 11.1. The Hall–Kier alpha value is -2.10. The summed E-state index contributed by atoms with van der Waals surface area (Å²) in [5.41, 5.74) is 2.31. The molecular weight excluding hydrogens is 216 g/mol. The topological polar surface area (TPSA) is 65.9 Å². The molecule has 2 heterocycles. The zero-order valence-corrected chi connectivity index (χ0v) is 9.19. The molecule has 86 valence electrons. The fourth-order valence-electron chi connectivity index (χ4n) is 2.23. The van der Waals surface area contributed by atoms with Gasteiger partial charge in [-0.25, -0.2) is 4.79 Å². The zero-order valence-electron chi connectivity index (χ0n) is 9.19. The smallest absolute Gasteiger partial charge is 0.352 e. The number of rotatable bonds is 2. The third kappa shape index (κ3) is 1.62. The first-order valence-electron chi connectivity index (χ1n) is 5.56. The maximum atomic E-state index is 11.1. The van der Waals surface area contributed by atoms with Crippen LogP contribution in [0.3, 0.4) is 0 Å². The highest BCUT2D eigenvalue weighted by Gasteiger charge is 2.31. The number of ether oxygens (including phenoxy) is 1. The number of esters is 1. The third-order valence-electron chi connectivity index (χ3n) is 3.19. The molecule has 1 atom stereocenters. The quantitative estimate of drug-likeness (QED) is 0.771. The van der Waals surface area contributed by atoms with E-state index >= 15 is 0 Å². The molecule has 0 aliphatic carbocycles. The second-order valence-corrected chi connectivity index (χ2v) is 4.27. The largest absolute Gasteiger partial charge is 0.460 e. The lowest BCUT2D eigenvalue weighted by molar-refractivity contribution is -0.133. The summed E-state index contributed by atoms with van der Waals surface area (Å²) in [7, 11) is 0. The van der Waals surface area contributed by atoms with E-state index in [1.54, 1.807) is 0 Å². The van der Waals surface area contributed by atoms with Gasteiger partial charge in [-0.1, -0.05) is 18.2 Å². The molecule has 1 aliphatic heterocycles. The fourth-order valence-corrected chi connectivity index (χ4v) is 2.23. The van der Waals surface area contributed by atoms with Crippen LogP contribution >= 0.6 is 0 Å². The van der Waals surface area contributed by atoms with Crippen LogP contribution in [0.5, 0.6) is 0 Å². The predicted molar refractivity (Wildman–Crippen MR) is 64.2 cm³/mol. The Balaban J connectivity index is 1.91. The van der Waals surface area contributed by atoms with Crippen LogP contribution in [0.25, 0.3) is 10.9 Å². The van der Waals surface area contributed by atoms with E-state index in [2.05, 4.69) is 4.98 Å². The third-order valence-corrected chi connectivity index (χ3v) is 3.19. The minimum Gasteiger partial charge on any atom is -0.460 e. The van der Waals surface area contributed by atoms with Crippen molar-refractivity contribution in [3.8, 4) is 0 Å². The lowest BCUT2D eigenvalue weighted by atomic mass is 9.97. The molecule has 1 fully saturated rings. The van der Waals surface area contributed by atoms with E-state index in [1.807, 2.05) is 30.5 Å². The number of hydrogen-bond acceptors (Lipinski definition) is 3. The summed E-state index contributed by atoms with van der Waals surface area (Å²) >= 11 is 0. The van der Waals surface area contributed by atoms with Crippen molar-refractivity contribution in [2.45, 2.75) is 6.42 Å². The van der Waals surface area contributed by atoms with Gasteiger partial charge in [0.15, 0.2) is 0 Å². The highest BCUT2D eigenvalue weighted by molar-refractivity contribution is 6.37. The Kier molecular flexibility index (Phi) is 2.21. The average molecular weight is 228 g/mol. The van der Waals surface area contributed by atoms with E-state index in [-0.39, 0.29) is 11.6 Å². The fraction of sp³-hybridized carbons (Fsp3) is 0.231. The van der Waals surface area contributed by atoms with Crippen LogP contribution in [0.15, 0.2) is 30.5 Å². The van der Waals surface area contributed by atoms with Crippen LogP contribution < -0.4 is 0 Å². The molecule has 1 aromatic heterocycles. The minimum atomic E-state index is -0.477. The normalized spacial score (nSPS) is 19.9. The highest BCUT2D eigenvalue weighted by atomic mass is 16.5. The van der Waals surface area contributed by atoms with Crippen molar-refractivity contribution >= 4 is 22.6 Å². The van der Waals surface area contributed by atoms with Crippen molar-refractivity contribution in [3.63, 3.8) is 0 Å². The summed E-state index contributed by atoms with van der Waals surface area (Å²) in [5, 5.41) is 8.79.